The zero-order valence-corrected chi connectivity index (χ0v) is 16.6. The number of phenols is 1. The van der Waals surface area contributed by atoms with Gasteiger partial charge in [0.15, 0.2) is 0 Å². The molecular formula is C21H25NO8. The number of nitrogens with one attached hydrogen (secondary N) is 1. The zero-order valence-electron chi connectivity index (χ0n) is 16.6. The van der Waals surface area contributed by atoms with E-state index in [9.17, 15) is 25.2 Å². The smallest absolute Gasteiger partial charge is 0.223 e. The highest BCUT2D eigenvalue weighted by atomic mass is 16.7. The van der Waals surface area contributed by atoms with Crippen molar-refractivity contribution in [1.29, 1.82) is 0 Å². The Morgan fingerprint density at radius 1 is 1.10 bits per heavy atom. The van der Waals surface area contributed by atoms with Crippen LogP contribution in [0.15, 0.2) is 42.5 Å². The fraction of sp³-hybridized carbons (Fsp3) is 0.381. The summed E-state index contributed by atoms with van der Waals surface area (Å²) in [6.07, 6.45) is -5.13. The first-order valence-electron chi connectivity index (χ1n) is 9.38. The predicted molar refractivity (Wildman–Crippen MR) is 106 cm³/mol. The molecule has 5 N–H and O–H groups in total. The number of carbonyl (C=O) groups excluding carboxylic acids is 1. The van der Waals surface area contributed by atoms with Crippen molar-refractivity contribution in [3.05, 3.63) is 42.5 Å². The average molecular weight is 419 g/mol. The van der Waals surface area contributed by atoms with Crippen molar-refractivity contribution < 1.29 is 39.4 Å². The Morgan fingerprint density at radius 3 is 2.50 bits per heavy atom. The van der Waals surface area contributed by atoms with Crippen molar-refractivity contribution in [2.75, 3.05) is 13.7 Å². The van der Waals surface area contributed by atoms with Gasteiger partial charge in [-0.05, 0) is 24.3 Å². The molecule has 1 fully saturated rings. The number of hydrogen-bond donors (Lipinski definition) is 5. The Bertz CT molecular complexity index is 889. The van der Waals surface area contributed by atoms with Gasteiger partial charge in [0.25, 0.3) is 0 Å². The molecule has 5 unspecified atom stereocenters. The molecule has 1 amide bonds. The van der Waals surface area contributed by atoms with Crippen molar-refractivity contribution in [2.45, 2.75) is 37.6 Å². The van der Waals surface area contributed by atoms with Gasteiger partial charge in [-0.2, -0.15) is 0 Å². The Morgan fingerprint density at radius 2 is 1.83 bits per heavy atom. The summed E-state index contributed by atoms with van der Waals surface area (Å²) < 4.78 is 17.0. The predicted octanol–water partition coefficient (Wildman–Crippen LogP) is 0.390. The number of carbonyl (C=O) groups is 1. The second-order valence-corrected chi connectivity index (χ2v) is 6.93. The van der Waals surface area contributed by atoms with Crippen molar-refractivity contribution in [2.24, 2.45) is 0 Å². The van der Waals surface area contributed by atoms with Gasteiger partial charge in [0.1, 0.15) is 41.6 Å². The lowest BCUT2D eigenvalue weighted by Crippen LogP contribution is -2.65. The lowest BCUT2D eigenvalue weighted by Gasteiger charge is -2.42. The van der Waals surface area contributed by atoms with Crippen molar-refractivity contribution >= 4 is 5.91 Å². The molecule has 9 heteroatoms. The summed E-state index contributed by atoms with van der Waals surface area (Å²) in [5.41, 5.74) is 1.12. The first-order valence-corrected chi connectivity index (χ1v) is 9.38. The molecule has 2 aromatic rings. The highest BCUT2D eigenvalue weighted by Crippen LogP contribution is 2.39. The van der Waals surface area contributed by atoms with E-state index in [1.54, 1.807) is 30.3 Å². The Labute approximate surface area is 173 Å². The normalized spacial score (nSPS) is 26.1. The molecule has 2 aromatic carbocycles. The van der Waals surface area contributed by atoms with Gasteiger partial charge in [0, 0.05) is 18.1 Å². The maximum absolute atomic E-state index is 11.6. The highest BCUT2D eigenvalue weighted by Gasteiger charge is 2.46. The second-order valence-electron chi connectivity index (χ2n) is 6.93. The number of phenolic OH excluding ortho intramolecular Hbond substituents is 1. The number of benzene rings is 2. The van der Waals surface area contributed by atoms with E-state index in [1.807, 2.05) is 0 Å². The van der Waals surface area contributed by atoms with Crippen molar-refractivity contribution in [3.8, 4) is 28.4 Å². The van der Waals surface area contributed by atoms with Crippen LogP contribution in [0.25, 0.3) is 11.1 Å². The van der Waals surface area contributed by atoms with Crippen molar-refractivity contribution in [3.63, 3.8) is 0 Å². The van der Waals surface area contributed by atoms with Gasteiger partial charge in [0.05, 0.1) is 13.7 Å². The molecule has 1 saturated heterocycles. The molecule has 3 rings (SSSR count). The molecule has 1 heterocycles. The van der Waals surface area contributed by atoms with Crippen LogP contribution >= 0.6 is 0 Å². The first-order chi connectivity index (χ1) is 14.3. The minimum Gasteiger partial charge on any atom is -0.508 e. The molecule has 1 aliphatic rings. The number of amides is 1. The Kier molecular flexibility index (Phi) is 6.78. The fourth-order valence-corrected chi connectivity index (χ4v) is 3.39. The summed E-state index contributed by atoms with van der Waals surface area (Å²) in [6, 6.07) is 10.4. The number of para-hydroxylation sites is 1. The van der Waals surface area contributed by atoms with Crippen LogP contribution in [0.4, 0.5) is 0 Å². The third kappa shape index (κ3) is 4.49. The van der Waals surface area contributed by atoms with E-state index >= 15 is 0 Å². The lowest BCUT2D eigenvalue weighted by molar-refractivity contribution is -0.244. The number of hydrogen-bond acceptors (Lipinski definition) is 8. The number of aliphatic hydroxyl groups excluding tert-OH is 3. The average Bonchev–Trinajstić information content (AvgIpc) is 2.73. The molecule has 0 bridgehead atoms. The summed E-state index contributed by atoms with van der Waals surface area (Å²) >= 11 is 0. The van der Waals surface area contributed by atoms with E-state index in [-0.39, 0.29) is 5.75 Å². The summed E-state index contributed by atoms with van der Waals surface area (Å²) in [7, 11) is 1.50. The molecule has 162 valence electrons. The molecule has 0 radical (unpaired) electrons. The van der Waals surface area contributed by atoms with Crippen LogP contribution in [0.1, 0.15) is 6.92 Å². The minimum absolute atomic E-state index is 0.0320. The van der Waals surface area contributed by atoms with E-state index in [2.05, 4.69) is 5.32 Å². The molecule has 9 nitrogen and oxygen atoms in total. The zero-order chi connectivity index (χ0) is 21.8. The largest absolute Gasteiger partial charge is 0.508 e. The number of rotatable bonds is 6. The SMILES string of the molecule is COc1ccc(O)cc1-c1ccccc1OC1OC(CO)C(O)C(O)C1NC(C)=O. The van der Waals surface area contributed by atoms with E-state index in [0.717, 1.165) is 0 Å². The van der Waals surface area contributed by atoms with E-state index < -0.39 is 43.2 Å². The standard InChI is InChI=1S/C21H25NO8/c1-11(24)22-18-20(27)19(26)17(10-23)30-21(18)29-16-6-4-3-5-13(16)14-9-12(25)7-8-15(14)28-2/h3-9,17-21,23,25-27H,10H2,1-2H3,(H,22,24). The molecule has 30 heavy (non-hydrogen) atoms. The van der Waals surface area contributed by atoms with E-state index in [4.69, 9.17) is 14.2 Å². The Balaban J connectivity index is 1.99. The lowest BCUT2D eigenvalue weighted by atomic mass is 9.96. The van der Waals surface area contributed by atoms with E-state index in [0.29, 0.717) is 22.6 Å². The summed E-state index contributed by atoms with van der Waals surface area (Å²) in [5, 5.41) is 42.5. The second kappa shape index (κ2) is 9.31. The maximum atomic E-state index is 11.6. The van der Waals surface area contributed by atoms with Gasteiger partial charge < -0.3 is 40.0 Å². The topological polar surface area (TPSA) is 138 Å². The minimum atomic E-state index is -1.42. The van der Waals surface area contributed by atoms with Gasteiger partial charge >= 0.3 is 0 Å². The third-order valence-electron chi connectivity index (χ3n) is 4.85. The fourth-order valence-electron chi connectivity index (χ4n) is 3.39. The van der Waals surface area contributed by atoms with Crippen LogP contribution in [-0.4, -0.2) is 70.7 Å². The first kappa shape index (κ1) is 21.8. The monoisotopic (exact) mass is 419 g/mol. The number of aromatic hydroxyl groups is 1. The van der Waals surface area contributed by atoms with Gasteiger partial charge in [-0.1, -0.05) is 18.2 Å². The van der Waals surface area contributed by atoms with Crippen LogP contribution in [0.2, 0.25) is 0 Å². The molecule has 0 aliphatic carbocycles. The van der Waals surface area contributed by atoms with Gasteiger partial charge in [-0.15, -0.1) is 0 Å². The van der Waals surface area contributed by atoms with Crippen molar-refractivity contribution in [1.82, 2.24) is 5.32 Å². The highest BCUT2D eigenvalue weighted by molar-refractivity contribution is 5.77. The van der Waals surface area contributed by atoms with Crippen LogP contribution in [0.3, 0.4) is 0 Å². The Hall–Kier alpha value is -2.85. The number of methoxy groups -OCH3 is 1. The summed E-state index contributed by atoms with van der Waals surface area (Å²) in [6.45, 7) is 0.715. The summed E-state index contributed by atoms with van der Waals surface area (Å²) in [5.74, 6) is 0.399. The van der Waals surface area contributed by atoms with Crippen LogP contribution in [-0.2, 0) is 9.53 Å². The molecule has 0 aromatic heterocycles. The number of ether oxygens (including phenoxy) is 3. The molecule has 5 atom stereocenters. The van der Waals surface area contributed by atoms with Crippen LogP contribution in [0.5, 0.6) is 17.2 Å². The number of aliphatic hydroxyl groups is 3. The van der Waals surface area contributed by atoms with Gasteiger partial charge in [-0.3, -0.25) is 4.79 Å². The molecule has 0 saturated carbocycles. The quantitative estimate of drug-likeness (QED) is 0.453. The van der Waals surface area contributed by atoms with E-state index in [1.165, 1.54) is 26.2 Å². The summed E-state index contributed by atoms with van der Waals surface area (Å²) in [4.78, 5) is 11.6. The maximum Gasteiger partial charge on any atom is 0.223 e. The van der Waals surface area contributed by atoms with Crippen LogP contribution < -0.4 is 14.8 Å². The third-order valence-corrected chi connectivity index (χ3v) is 4.85. The molecular weight excluding hydrogens is 394 g/mol. The molecule has 1 aliphatic heterocycles. The van der Waals surface area contributed by atoms with Gasteiger partial charge in [-0.25, -0.2) is 0 Å². The molecule has 0 spiro atoms. The van der Waals surface area contributed by atoms with Gasteiger partial charge in [0.2, 0.25) is 12.2 Å². The van der Waals surface area contributed by atoms with Crippen LogP contribution in [0, 0.1) is 0 Å².